The van der Waals surface area contributed by atoms with Gasteiger partial charge in [0.2, 0.25) is 5.91 Å². The molecule has 0 saturated heterocycles. The van der Waals surface area contributed by atoms with E-state index in [1.165, 1.54) is 5.56 Å². The highest BCUT2D eigenvalue weighted by Gasteiger charge is 2.21. The van der Waals surface area contributed by atoms with E-state index < -0.39 is 0 Å². The number of guanidine groups is 1. The zero-order chi connectivity index (χ0) is 16.7. The minimum Gasteiger partial charge on any atom is -0.488 e. The van der Waals surface area contributed by atoms with Crippen molar-refractivity contribution in [3.63, 3.8) is 0 Å². The molecule has 0 fully saturated rings. The van der Waals surface area contributed by atoms with Gasteiger partial charge in [0.05, 0.1) is 6.54 Å². The standard InChI is InChI=1S/C17H26N4O2/c1-4-18-17(19-10-9-16(22)21(2)3)20-12-14-11-13-7-5-6-8-15(13)23-14/h5-8,14H,4,9-12H2,1-3H3,(H2,18,19,20). The van der Waals surface area contributed by atoms with E-state index in [1.807, 2.05) is 25.1 Å². The minimum absolute atomic E-state index is 0.0752. The van der Waals surface area contributed by atoms with Gasteiger partial charge in [0.25, 0.3) is 0 Å². The van der Waals surface area contributed by atoms with E-state index in [4.69, 9.17) is 4.74 Å². The van der Waals surface area contributed by atoms with Crippen LogP contribution < -0.4 is 15.4 Å². The Morgan fingerprint density at radius 2 is 2.13 bits per heavy atom. The maximum atomic E-state index is 11.6. The van der Waals surface area contributed by atoms with Gasteiger partial charge in [-0.15, -0.1) is 0 Å². The summed E-state index contributed by atoms with van der Waals surface area (Å²) in [7, 11) is 3.52. The van der Waals surface area contributed by atoms with E-state index in [9.17, 15) is 4.79 Å². The molecule has 2 rings (SSSR count). The first-order valence-electron chi connectivity index (χ1n) is 8.07. The number of rotatable bonds is 6. The topological polar surface area (TPSA) is 66.0 Å². The van der Waals surface area contributed by atoms with E-state index in [0.29, 0.717) is 19.5 Å². The molecule has 6 nitrogen and oxygen atoms in total. The van der Waals surface area contributed by atoms with Crippen LogP contribution in [0.25, 0.3) is 0 Å². The van der Waals surface area contributed by atoms with E-state index in [-0.39, 0.29) is 12.0 Å². The lowest BCUT2D eigenvalue weighted by Gasteiger charge is -2.14. The number of hydrogen-bond acceptors (Lipinski definition) is 3. The van der Waals surface area contributed by atoms with Crippen molar-refractivity contribution in [2.75, 3.05) is 33.7 Å². The van der Waals surface area contributed by atoms with Gasteiger partial charge in [0.15, 0.2) is 5.96 Å². The number of amides is 1. The summed E-state index contributed by atoms with van der Waals surface area (Å²) >= 11 is 0. The smallest absolute Gasteiger partial charge is 0.223 e. The molecule has 2 N–H and O–H groups in total. The Morgan fingerprint density at radius 1 is 1.35 bits per heavy atom. The molecular formula is C17H26N4O2. The Hall–Kier alpha value is -2.24. The van der Waals surface area contributed by atoms with Crippen LogP contribution in [0.1, 0.15) is 18.9 Å². The summed E-state index contributed by atoms with van der Waals surface area (Å²) < 4.78 is 5.89. The van der Waals surface area contributed by atoms with Crippen LogP contribution in [0, 0.1) is 0 Å². The summed E-state index contributed by atoms with van der Waals surface area (Å²) in [5.41, 5.74) is 1.24. The third-order valence-corrected chi connectivity index (χ3v) is 3.64. The predicted octanol–water partition coefficient (Wildman–Crippen LogP) is 1.02. The lowest BCUT2D eigenvalue weighted by molar-refractivity contribution is -0.128. The summed E-state index contributed by atoms with van der Waals surface area (Å²) in [5, 5.41) is 6.38. The number of fused-ring (bicyclic) bond motifs is 1. The first-order chi connectivity index (χ1) is 11.1. The SMILES string of the molecule is CCNC(=NCC1Cc2ccccc2O1)NCCC(=O)N(C)C. The monoisotopic (exact) mass is 318 g/mol. The first kappa shape index (κ1) is 17.1. The van der Waals surface area contributed by atoms with E-state index in [1.54, 1.807) is 19.0 Å². The van der Waals surface area contributed by atoms with Gasteiger partial charge >= 0.3 is 0 Å². The molecule has 23 heavy (non-hydrogen) atoms. The highest BCUT2D eigenvalue weighted by Crippen LogP contribution is 2.28. The Labute approximate surface area is 137 Å². The van der Waals surface area contributed by atoms with Crippen LogP contribution in [0.2, 0.25) is 0 Å². The first-order valence-corrected chi connectivity index (χ1v) is 8.07. The number of carbonyl (C=O) groups excluding carboxylic acids is 1. The highest BCUT2D eigenvalue weighted by atomic mass is 16.5. The quantitative estimate of drug-likeness (QED) is 0.607. The molecule has 1 heterocycles. The highest BCUT2D eigenvalue weighted by molar-refractivity contribution is 5.81. The molecule has 1 aromatic rings. The van der Waals surface area contributed by atoms with Crippen molar-refractivity contribution in [3.8, 4) is 5.75 Å². The number of ether oxygens (including phenoxy) is 1. The van der Waals surface area contributed by atoms with Crippen molar-refractivity contribution >= 4 is 11.9 Å². The van der Waals surface area contributed by atoms with Gasteiger partial charge in [-0.25, -0.2) is 4.99 Å². The molecule has 1 aliphatic rings. The second kappa shape index (κ2) is 8.41. The lowest BCUT2D eigenvalue weighted by Crippen LogP contribution is -2.40. The second-order valence-electron chi connectivity index (χ2n) is 5.74. The molecule has 6 heteroatoms. The molecule has 1 aromatic carbocycles. The van der Waals surface area contributed by atoms with Crippen LogP contribution >= 0.6 is 0 Å². The van der Waals surface area contributed by atoms with Crippen molar-refractivity contribution in [1.29, 1.82) is 0 Å². The van der Waals surface area contributed by atoms with Crippen molar-refractivity contribution in [2.24, 2.45) is 4.99 Å². The maximum Gasteiger partial charge on any atom is 0.223 e. The van der Waals surface area contributed by atoms with Crippen LogP contribution in [0.4, 0.5) is 0 Å². The molecule has 1 amide bonds. The maximum absolute atomic E-state index is 11.6. The molecule has 0 bridgehead atoms. The van der Waals surface area contributed by atoms with E-state index in [2.05, 4.69) is 21.7 Å². The zero-order valence-electron chi connectivity index (χ0n) is 14.1. The average molecular weight is 318 g/mol. The van der Waals surface area contributed by atoms with Crippen LogP contribution in [-0.2, 0) is 11.2 Å². The summed E-state index contributed by atoms with van der Waals surface area (Å²) in [6, 6.07) is 8.10. The van der Waals surface area contributed by atoms with Crippen LogP contribution in [0.15, 0.2) is 29.3 Å². The summed E-state index contributed by atoms with van der Waals surface area (Å²) in [5.74, 6) is 1.78. The van der Waals surface area contributed by atoms with Crippen LogP contribution in [0.3, 0.4) is 0 Å². The molecule has 0 spiro atoms. The van der Waals surface area contributed by atoms with Crippen molar-refractivity contribution in [2.45, 2.75) is 25.9 Å². The number of para-hydroxylation sites is 1. The molecular weight excluding hydrogens is 292 g/mol. The van der Waals surface area contributed by atoms with Crippen molar-refractivity contribution in [1.82, 2.24) is 15.5 Å². The molecule has 0 aliphatic carbocycles. The molecule has 126 valence electrons. The zero-order valence-corrected chi connectivity index (χ0v) is 14.1. The third-order valence-electron chi connectivity index (χ3n) is 3.64. The normalized spacial score (nSPS) is 16.5. The van der Waals surface area contributed by atoms with E-state index >= 15 is 0 Å². The largest absolute Gasteiger partial charge is 0.488 e. The fourth-order valence-corrected chi connectivity index (χ4v) is 2.40. The van der Waals surface area contributed by atoms with Gasteiger partial charge < -0.3 is 20.3 Å². The number of aliphatic imine (C=N–C) groups is 1. The number of nitrogens with zero attached hydrogens (tertiary/aromatic N) is 2. The number of nitrogens with one attached hydrogen (secondary N) is 2. The molecule has 0 radical (unpaired) electrons. The van der Waals surface area contributed by atoms with Gasteiger partial charge in [0.1, 0.15) is 11.9 Å². The molecule has 1 atom stereocenters. The number of hydrogen-bond donors (Lipinski definition) is 2. The molecule has 0 aromatic heterocycles. The molecule has 0 saturated carbocycles. The van der Waals surface area contributed by atoms with E-state index in [0.717, 1.165) is 24.7 Å². The summed E-state index contributed by atoms with van der Waals surface area (Å²) in [6.07, 6.45) is 1.41. The summed E-state index contributed by atoms with van der Waals surface area (Å²) in [6.45, 7) is 3.95. The summed E-state index contributed by atoms with van der Waals surface area (Å²) in [4.78, 5) is 17.7. The Kier molecular flexibility index (Phi) is 6.26. The van der Waals surface area contributed by atoms with Crippen molar-refractivity contribution < 1.29 is 9.53 Å². The van der Waals surface area contributed by atoms with Crippen LogP contribution in [-0.4, -0.2) is 56.6 Å². The third kappa shape index (κ3) is 5.16. The Bertz CT molecular complexity index is 532. The fourth-order valence-electron chi connectivity index (χ4n) is 2.40. The fraction of sp³-hybridized carbons (Fsp3) is 0.529. The Balaban J connectivity index is 1.81. The predicted molar refractivity (Wildman–Crippen MR) is 91.9 cm³/mol. The molecule has 1 aliphatic heterocycles. The lowest BCUT2D eigenvalue weighted by atomic mass is 10.1. The van der Waals surface area contributed by atoms with Gasteiger partial charge in [-0.1, -0.05) is 18.2 Å². The minimum atomic E-state index is 0.0752. The van der Waals surface area contributed by atoms with Crippen molar-refractivity contribution in [3.05, 3.63) is 29.8 Å². The van der Waals surface area contributed by atoms with Crippen LogP contribution in [0.5, 0.6) is 5.75 Å². The van der Waals surface area contributed by atoms with Gasteiger partial charge in [0, 0.05) is 40.0 Å². The second-order valence-corrected chi connectivity index (χ2v) is 5.74. The Morgan fingerprint density at radius 3 is 2.83 bits per heavy atom. The van der Waals surface area contributed by atoms with Gasteiger partial charge in [-0.05, 0) is 18.6 Å². The molecule has 1 unspecified atom stereocenters. The van der Waals surface area contributed by atoms with Gasteiger partial charge in [-0.3, -0.25) is 4.79 Å². The number of carbonyl (C=O) groups is 1. The average Bonchev–Trinajstić information content (AvgIpc) is 2.95. The number of benzene rings is 1. The van der Waals surface area contributed by atoms with Gasteiger partial charge in [-0.2, -0.15) is 0 Å².